The van der Waals surface area contributed by atoms with Crippen LogP contribution in [0.15, 0.2) is 36.9 Å². The van der Waals surface area contributed by atoms with Crippen molar-refractivity contribution in [2.24, 2.45) is 5.92 Å². The number of carbonyl (C=O) groups excluding carboxylic acids is 1. The van der Waals surface area contributed by atoms with Gasteiger partial charge in [0, 0.05) is 36.8 Å². The Bertz CT molecular complexity index is 486. The number of anilines is 1. The van der Waals surface area contributed by atoms with E-state index in [0.717, 1.165) is 37.4 Å². The van der Waals surface area contributed by atoms with Crippen molar-refractivity contribution < 1.29 is 4.79 Å². The molecule has 1 amide bonds. The first kappa shape index (κ1) is 15.9. The van der Waals surface area contributed by atoms with E-state index in [4.69, 9.17) is 11.6 Å². The van der Waals surface area contributed by atoms with E-state index < -0.39 is 0 Å². The van der Waals surface area contributed by atoms with Crippen LogP contribution < -0.4 is 10.2 Å². The number of rotatable bonds is 6. The van der Waals surface area contributed by atoms with Crippen molar-refractivity contribution in [3.05, 3.63) is 41.9 Å². The van der Waals surface area contributed by atoms with E-state index in [0.29, 0.717) is 5.92 Å². The maximum Gasteiger partial charge on any atom is 0.217 e. The molecule has 0 aliphatic carbocycles. The molecule has 1 aliphatic heterocycles. The van der Waals surface area contributed by atoms with Gasteiger partial charge in [0.2, 0.25) is 5.91 Å². The van der Waals surface area contributed by atoms with Crippen LogP contribution in [0.5, 0.6) is 0 Å². The third-order valence-corrected chi connectivity index (χ3v) is 4.31. The van der Waals surface area contributed by atoms with Crippen molar-refractivity contribution in [2.45, 2.75) is 32.2 Å². The Balaban J connectivity index is 1.99. The maximum absolute atomic E-state index is 11.4. The second kappa shape index (κ2) is 7.51. The standard InChI is InChI=1S/C17H23ClN2O/c1-3-4-5-17(19-13(2)21)14-10-11-20(12-14)16-8-6-15(18)7-9-16/h3,6-9,14,17H,1,4-5,10-12H2,2H3,(H,19,21)/t14-,17+/m0/s1. The molecule has 1 fully saturated rings. The SMILES string of the molecule is C=CCC[C@@H](NC(C)=O)[C@H]1CCN(c2ccc(Cl)cc2)C1. The molecule has 0 saturated carbocycles. The molecule has 1 heterocycles. The molecular formula is C17H23ClN2O. The quantitative estimate of drug-likeness (QED) is 0.814. The van der Waals surface area contributed by atoms with Crippen molar-refractivity contribution >= 4 is 23.2 Å². The molecule has 1 aromatic rings. The molecule has 0 unspecified atom stereocenters. The zero-order chi connectivity index (χ0) is 15.2. The molecule has 1 saturated heterocycles. The molecule has 0 radical (unpaired) electrons. The summed E-state index contributed by atoms with van der Waals surface area (Å²) < 4.78 is 0. The van der Waals surface area contributed by atoms with Crippen molar-refractivity contribution in [3.63, 3.8) is 0 Å². The van der Waals surface area contributed by atoms with Gasteiger partial charge in [0.25, 0.3) is 0 Å². The highest BCUT2D eigenvalue weighted by Crippen LogP contribution is 2.28. The second-order valence-corrected chi connectivity index (χ2v) is 6.08. The van der Waals surface area contributed by atoms with Gasteiger partial charge in [-0.15, -0.1) is 6.58 Å². The predicted octanol–water partition coefficient (Wildman–Crippen LogP) is 3.64. The number of allylic oxidation sites excluding steroid dienone is 1. The number of nitrogens with one attached hydrogen (secondary N) is 1. The molecule has 0 aromatic heterocycles. The predicted molar refractivity (Wildman–Crippen MR) is 88.8 cm³/mol. The van der Waals surface area contributed by atoms with Gasteiger partial charge in [-0.1, -0.05) is 17.7 Å². The van der Waals surface area contributed by atoms with Crippen molar-refractivity contribution in [1.82, 2.24) is 5.32 Å². The third-order valence-electron chi connectivity index (χ3n) is 4.06. The number of hydrogen-bond donors (Lipinski definition) is 1. The first-order chi connectivity index (χ1) is 10.1. The number of hydrogen-bond acceptors (Lipinski definition) is 2. The summed E-state index contributed by atoms with van der Waals surface area (Å²) in [6, 6.07) is 8.20. The fourth-order valence-corrected chi connectivity index (χ4v) is 3.11. The van der Waals surface area contributed by atoms with E-state index in [1.807, 2.05) is 18.2 Å². The van der Waals surface area contributed by atoms with Crippen LogP contribution in [0.25, 0.3) is 0 Å². The summed E-state index contributed by atoms with van der Waals surface area (Å²) in [7, 11) is 0. The molecule has 1 aromatic carbocycles. The molecule has 0 bridgehead atoms. The molecule has 21 heavy (non-hydrogen) atoms. The third kappa shape index (κ3) is 4.50. The first-order valence-electron chi connectivity index (χ1n) is 7.48. The smallest absolute Gasteiger partial charge is 0.217 e. The first-order valence-corrected chi connectivity index (χ1v) is 7.86. The van der Waals surface area contributed by atoms with Gasteiger partial charge in [0.1, 0.15) is 0 Å². The summed E-state index contributed by atoms with van der Waals surface area (Å²) >= 11 is 5.94. The van der Waals surface area contributed by atoms with Gasteiger partial charge in [0.15, 0.2) is 0 Å². The van der Waals surface area contributed by atoms with Gasteiger partial charge in [0.05, 0.1) is 0 Å². The van der Waals surface area contributed by atoms with Crippen LogP contribution in [0.1, 0.15) is 26.2 Å². The van der Waals surface area contributed by atoms with Gasteiger partial charge in [-0.3, -0.25) is 4.79 Å². The number of carbonyl (C=O) groups is 1. The minimum absolute atomic E-state index is 0.0500. The number of halogens is 1. The Labute approximate surface area is 132 Å². The molecule has 3 nitrogen and oxygen atoms in total. The fourth-order valence-electron chi connectivity index (χ4n) is 2.99. The van der Waals surface area contributed by atoms with E-state index in [9.17, 15) is 4.79 Å². The highest BCUT2D eigenvalue weighted by atomic mass is 35.5. The van der Waals surface area contributed by atoms with E-state index in [1.54, 1.807) is 6.92 Å². The molecule has 1 N–H and O–H groups in total. The molecule has 2 atom stereocenters. The second-order valence-electron chi connectivity index (χ2n) is 5.64. The van der Waals surface area contributed by atoms with Gasteiger partial charge in [-0.25, -0.2) is 0 Å². The molecular weight excluding hydrogens is 284 g/mol. The Hall–Kier alpha value is -1.48. The van der Waals surface area contributed by atoms with Crippen molar-refractivity contribution in [3.8, 4) is 0 Å². The van der Waals surface area contributed by atoms with Crippen LogP contribution in [-0.4, -0.2) is 25.0 Å². The summed E-state index contributed by atoms with van der Waals surface area (Å²) in [5, 5.41) is 3.86. The van der Waals surface area contributed by atoms with Crippen LogP contribution in [0.4, 0.5) is 5.69 Å². The monoisotopic (exact) mass is 306 g/mol. The number of benzene rings is 1. The fraction of sp³-hybridized carbons (Fsp3) is 0.471. The summed E-state index contributed by atoms with van der Waals surface area (Å²) in [6.07, 6.45) is 4.91. The Kier molecular flexibility index (Phi) is 5.68. The zero-order valence-electron chi connectivity index (χ0n) is 12.5. The Morgan fingerprint density at radius 2 is 2.24 bits per heavy atom. The van der Waals surface area contributed by atoms with Crippen LogP contribution in [0, 0.1) is 5.92 Å². The summed E-state index contributed by atoms with van der Waals surface area (Å²) in [5.41, 5.74) is 1.20. The lowest BCUT2D eigenvalue weighted by Crippen LogP contribution is -2.40. The lowest BCUT2D eigenvalue weighted by atomic mass is 9.94. The molecule has 1 aliphatic rings. The van der Waals surface area contributed by atoms with E-state index in [2.05, 4.69) is 28.9 Å². The largest absolute Gasteiger partial charge is 0.371 e. The highest BCUT2D eigenvalue weighted by molar-refractivity contribution is 6.30. The zero-order valence-corrected chi connectivity index (χ0v) is 13.3. The average molecular weight is 307 g/mol. The molecule has 2 rings (SSSR count). The Morgan fingerprint density at radius 3 is 2.86 bits per heavy atom. The van der Waals surface area contributed by atoms with Gasteiger partial charge >= 0.3 is 0 Å². The van der Waals surface area contributed by atoms with Crippen LogP contribution in [0.3, 0.4) is 0 Å². The minimum Gasteiger partial charge on any atom is -0.371 e. The summed E-state index contributed by atoms with van der Waals surface area (Å²) in [5.74, 6) is 0.540. The highest BCUT2D eigenvalue weighted by Gasteiger charge is 2.29. The van der Waals surface area contributed by atoms with Crippen LogP contribution in [-0.2, 0) is 4.79 Å². The van der Waals surface area contributed by atoms with Gasteiger partial charge < -0.3 is 10.2 Å². The lowest BCUT2D eigenvalue weighted by molar-refractivity contribution is -0.120. The maximum atomic E-state index is 11.4. The topological polar surface area (TPSA) is 32.3 Å². The molecule has 114 valence electrons. The van der Waals surface area contributed by atoms with E-state index >= 15 is 0 Å². The van der Waals surface area contributed by atoms with Gasteiger partial charge in [-0.05, 0) is 49.4 Å². The van der Waals surface area contributed by atoms with Crippen molar-refractivity contribution in [2.75, 3.05) is 18.0 Å². The molecule has 4 heteroatoms. The van der Waals surface area contributed by atoms with Gasteiger partial charge in [-0.2, -0.15) is 0 Å². The normalized spacial score (nSPS) is 19.3. The van der Waals surface area contributed by atoms with Crippen LogP contribution >= 0.6 is 11.6 Å². The Morgan fingerprint density at radius 1 is 1.52 bits per heavy atom. The van der Waals surface area contributed by atoms with E-state index in [1.165, 1.54) is 5.69 Å². The van der Waals surface area contributed by atoms with E-state index in [-0.39, 0.29) is 11.9 Å². The van der Waals surface area contributed by atoms with Crippen molar-refractivity contribution in [1.29, 1.82) is 0 Å². The minimum atomic E-state index is 0.0500. The molecule has 0 spiro atoms. The lowest BCUT2D eigenvalue weighted by Gasteiger charge is -2.25. The summed E-state index contributed by atoms with van der Waals surface area (Å²) in [6.45, 7) is 7.36. The number of amides is 1. The summed E-state index contributed by atoms with van der Waals surface area (Å²) in [4.78, 5) is 13.8. The average Bonchev–Trinajstić information content (AvgIpc) is 2.93. The van der Waals surface area contributed by atoms with Crippen LogP contribution in [0.2, 0.25) is 5.02 Å². The number of nitrogens with zero attached hydrogens (tertiary/aromatic N) is 1.